The van der Waals surface area contributed by atoms with E-state index >= 15 is 0 Å². The van der Waals surface area contributed by atoms with Crippen LogP contribution in [0.4, 0.5) is 5.13 Å². The van der Waals surface area contributed by atoms with Crippen molar-refractivity contribution in [2.75, 3.05) is 4.90 Å². The molecule has 3 heterocycles. The number of hydrogen-bond donors (Lipinski definition) is 0. The summed E-state index contributed by atoms with van der Waals surface area (Å²) in [6.45, 7) is 1.92. The number of aryl methyl sites for hydroxylation is 1. The predicted octanol–water partition coefficient (Wildman–Crippen LogP) is 5.07. The molecule has 0 bridgehead atoms. The Balaban J connectivity index is 1.85. The van der Waals surface area contributed by atoms with Crippen LogP contribution in [0.3, 0.4) is 0 Å². The van der Waals surface area contributed by atoms with Gasteiger partial charge in [0.1, 0.15) is 5.58 Å². The van der Waals surface area contributed by atoms with E-state index in [1.807, 2.05) is 37.3 Å². The van der Waals surface area contributed by atoms with Crippen molar-refractivity contribution in [3.8, 4) is 0 Å². The molecule has 0 N–H and O–H groups in total. The number of nitrogens with zero attached hydrogens (tertiary/aromatic N) is 2. The fourth-order valence-corrected chi connectivity index (χ4v) is 4.69. The number of carbonyl (C=O) groups excluding carboxylic acids is 1. The molecule has 28 heavy (non-hydrogen) atoms. The number of thiazole rings is 1. The Bertz CT molecular complexity index is 1300. The van der Waals surface area contributed by atoms with E-state index in [2.05, 4.69) is 20.9 Å². The molecule has 1 aliphatic rings. The van der Waals surface area contributed by atoms with Gasteiger partial charge in [0.25, 0.3) is 5.91 Å². The molecule has 0 unspecified atom stereocenters. The van der Waals surface area contributed by atoms with Crippen LogP contribution >= 0.6 is 27.3 Å². The molecule has 1 aliphatic heterocycles. The van der Waals surface area contributed by atoms with Crippen LogP contribution in [0.5, 0.6) is 0 Å². The molecule has 7 heteroatoms. The predicted molar refractivity (Wildman–Crippen MR) is 112 cm³/mol. The van der Waals surface area contributed by atoms with E-state index in [4.69, 9.17) is 4.42 Å². The average Bonchev–Trinajstić information content (AvgIpc) is 3.29. The average molecular weight is 453 g/mol. The monoisotopic (exact) mass is 452 g/mol. The van der Waals surface area contributed by atoms with Gasteiger partial charge >= 0.3 is 0 Å². The lowest BCUT2D eigenvalue weighted by molar-refractivity contribution is 0.0971. The molecular formula is C21H13BrN2O3S. The molecule has 4 aromatic rings. The molecule has 1 atom stereocenters. The van der Waals surface area contributed by atoms with E-state index in [9.17, 15) is 9.59 Å². The maximum absolute atomic E-state index is 13.4. The van der Waals surface area contributed by atoms with Crippen molar-refractivity contribution in [1.29, 1.82) is 0 Å². The van der Waals surface area contributed by atoms with E-state index in [0.717, 1.165) is 15.6 Å². The molecule has 0 fully saturated rings. The van der Waals surface area contributed by atoms with Crippen LogP contribution < -0.4 is 10.3 Å². The first-order chi connectivity index (χ1) is 13.5. The third-order valence-electron chi connectivity index (χ3n) is 4.82. The summed E-state index contributed by atoms with van der Waals surface area (Å²) in [6.07, 6.45) is 1.64. The van der Waals surface area contributed by atoms with Gasteiger partial charge in [-0.05, 0) is 36.8 Å². The van der Waals surface area contributed by atoms with Gasteiger partial charge in [-0.1, -0.05) is 39.7 Å². The second-order valence-corrected chi connectivity index (χ2v) is 8.41. The fraction of sp³-hybridized carbons (Fsp3) is 0.0952. The number of aromatic nitrogens is 1. The quantitative estimate of drug-likeness (QED) is 0.425. The summed E-state index contributed by atoms with van der Waals surface area (Å²) in [5.41, 5.74) is 2.36. The number of halogens is 1. The Morgan fingerprint density at radius 3 is 2.79 bits per heavy atom. The Labute approximate surface area is 172 Å². The van der Waals surface area contributed by atoms with Crippen LogP contribution in [-0.2, 0) is 0 Å². The molecule has 138 valence electrons. The summed E-state index contributed by atoms with van der Waals surface area (Å²) in [6, 6.07) is 12.4. The van der Waals surface area contributed by atoms with Crippen molar-refractivity contribution < 1.29 is 9.21 Å². The number of rotatable bonds is 2. The van der Waals surface area contributed by atoms with Crippen molar-refractivity contribution in [3.63, 3.8) is 0 Å². The molecule has 0 saturated heterocycles. The van der Waals surface area contributed by atoms with Crippen LogP contribution in [0.2, 0.25) is 0 Å². The van der Waals surface area contributed by atoms with E-state index in [1.165, 1.54) is 11.3 Å². The first-order valence-corrected chi connectivity index (χ1v) is 10.3. The topological polar surface area (TPSA) is 63.4 Å². The van der Waals surface area contributed by atoms with Gasteiger partial charge in [-0.15, -0.1) is 11.3 Å². The Morgan fingerprint density at radius 1 is 1.18 bits per heavy atom. The van der Waals surface area contributed by atoms with Gasteiger partial charge in [-0.2, -0.15) is 0 Å². The number of carbonyl (C=O) groups is 1. The molecule has 0 aliphatic carbocycles. The standard InChI is InChI=1S/C21H13BrN2O3S/c1-11-5-6-15-14(9-11)18(25)16-17(12-3-2-4-13(22)10-12)24(20(26)19(16)27-15)21-23-7-8-28-21/h2-10,17H,1H3/t17-/m1/s1. The molecule has 0 spiro atoms. The minimum atomic E-state index is -0.590. The number of anilines is 1. The molecule has 0 radical (unpaired) electrons. The van der Waals surface area contributed by atoms with Crippen LogP contribution in [0.1, 0.15) is 33.3 Å². The van der Waals surface area contributed by atoms with Gasteiger partial charge in [0.2, 0.25) is 5.76 Å². The van der Waals surface area contributed by atoms with Crippen molar-refractivity contribution in [3.05, 3.63) is 91.2 Å². The van der Waals surface area contributed by atoms with Crippen molar-refractivity contribution in [2.45, 2.75) is 13.0 Å². The Morgan fingerprint density at radius 2 is 2.04 bits per heavy atom. The van der Waals surface area contributed by atoms with Crippen molar-refractivity contribution in [1.82, 2.24) is 4.98 Å². The minimum absolute atomic E-state index is 0.0847. The summed E-state index contributed by atoms with van der Waals surface area (Å²) >= 11 is 4.83. The normalized spacial score (nSPS) is 16.0. The SMILES string of the molecule is Cc1ccc2oc3c(c(=O)c2c1)[C@@H](c1cccc(Br)c1)N(c1nccs1)C3=O. The van der Waals surface area contributed by atoms with E-state index < -0.39 is 6.04 Å². The molecule has 1 amide bonds. The first-order valence-electron chi connectivity index (χ1n) is 8.60. The van der Waals surface area contributed by atoms with Crippen molar-refractivity contribution in [2.24, 2.45) is 0 Å². The third-order valence-corrected chi connectivity index (χ3v) is 6.08. The van der Waals surface area contributed by atoms with Gasteiger partial charge in [0.05, 0.1) is 17.0 Å². The third kappa shape index (κ3) is 2.54. The lowest BCUT2D eigenvalue weighted by Crippen LogP contribution is -2.29. The number of hydrogen-bond acceptors (Lipinski definition) is 5. The van der Waals surface area contributed by atoms with Crippen LogP contribution in [0.25, 0.3) is 11.0 Å². The molecule has 2 aromatic heterocycles. The lowest BCUT2D eigenvalue weighted by Gasteiger charge is -2.22. The second kappa shape index (κ2) is 6.39. The minimum Gasteiger partial charge on any atom is -0.450 e. The smallest absolute Gasteiger partial charge is 0.297 e. The summed E-state index contributed by atoms with van der Waals surface area (Å²) in [5, 5.41) is 2.81. The Hall–Kier alpha value is -2.77. The highest BCUT2D eigenvalue weighted by Gasteiger charge is 2.44. The fourth-order valence-electron chi connectivity index (χ4n) is 3.61. The van der Waals surface area contributed by atoms with Gasteiger partial charge in [0.15, 0.2) is 10.6 Å². The second-order valence-electron chi connectivity index (χ2n) is 6.62. The zero-order chi connectivity index (χ0) is 19.4. The highest BCUT2D eigenvalue weighted by atomic mass is 79.9. The molecule has 5 nitrogen and oxygen atoms in total. The van der Waals surface area contributed by atoms with Crippen LogP contribution in [-0.4, -0.2) is 10.9 Å². The van der Waals surface area contributed by atoms with E-state index in [0.29, 0.717) is 21.7 Å². The number of fused-ring (bicyclic) bond motifs is 2. The summed E-state index contributed by atoms with van der Waals surface area (Å²) in [7, 11) is 0. The van der Waals surface area contributed by atoms with Gasteiger partial charge in [-0.3, -0.25) is 14.5 Å². The van der Waals surface area contributed by atoms with E-state index in [1.54, 1.807) is 28.6 Å². The molecular weight excluding hydrogens is 440 g/mol. The summed E-state index contributed by atoms with van der Waals surface area (Å²) < 4.78 is 6.80. The zero-order valence-corrected chi connectivity index (χ0v) is 17.1. The molecule has 2 aromatic carbocycles. The van der Waals surface area contributed by atoms with Crippen LogP contribution in [0.15, 0.2) is 67.7 Å². The Kier molecular flexibility index (Phi) is 3.96. The lowest BCUT2D eigenvalue weighted by atomic mass is 9.98. The van der Waals surface area contributed by atoms with Crippen LogP contribution in [0, 0.1) is 6.92 Å². The number of benzene rings is 2. The maximum atomic E-state index is 13.4. The van der Waals surface area contributed by atoms with Gasteiger partial charge < -0.3 is 4.42 Å². The number of amides is 1. The van der Waals surface area contributed by atoms with Gasteiger partial charge in [-0.25, -0.2) is 4.98 Å². The zero-order valence-electron chi connectivity index (χ0n) is 14.7. The molecule has 5 rings (SSSR count). The maximum Gasteiger partial charge on any atom is 0.297 e. The summed E-state index contributed by atoms with van der Waals surface area (Å²) in [4.78, 5) is 32.6. The highest BCUT2D eigenvalue weighted by Crippen LogP contribution is 2.42. The van der Waals surface area contributed by atoms with Crippen molar-refractivity contribution >= 4 is 49.3 Å². The largest absolute Gasteiger partial charge is 0.450 e. The first kappa shape index (κ1) is 17.3. The summed E-state index contributed by atoms with van der Waals surface area (Å²) in [5.74, 6) is -0.268. The van der Waals surface area contributed by atoms with Gasteiger partial charge in [0, 0.05) is 16.0 Å². The molecule has 0 saturated carbocycles. The van der Waals surface area contributed by atoms with E-state index in [-0.39, 0.29) is 17.1 Å². The highest BCUT2D eigenvalue weighted by molar-refractivity contribution is 9.10.